The SMILES string of the molecule is Cc1cccc(CSc2cc(C(=O)O)c(N)cn2)c1. The molecule has 0 aliphatic carbocycles. The predicted octanol–water partition coefficient (Wildman–Crippen LogP) is 2.96. The van der Waals surface area contributed by atoms with Crippen LogP contribution in [0.4, 0.5) is 5.69 Å². The van der Waals surface area contributed by atoms with Crippen molar-refractivity contribution in [2.24, 2.45) is 0 Å². The van der Waals surface area contributed by atoms with Crippen molar-refractivity contribution in [2.45, 2.75) is 17.7 Å². The number of aromatic carboxylic acids is 1. The molecule has 98 valence electrons. The first-order valence-corrected chi connectivity index (χ1v) is 6.72. The van der Waals surface area contributed by atoms with Crippen molar-refractivity contribution in [3.05, 3.63) is 53.2 Å². The van der Waals surface area contributed by atoms with Crippen LogP contribution >= 0.6 is 11.8 Å². The van der Waals surface area contributed by atoms with E-state index in [0.717, 1.165) is 5.75 Å². The maximum atomic E-state index is 11.0. The van der Waals surface area contributed by atoms with E-state index in [0.29, 0.717) is 5.03 Å². The zero-order valence-electron chi connectivity index (χ0n) is 10.5. The number of aromatic nitrogens is 1. The summed E-state index contributed by atoms with van der Waals surface area (Å²) in [5.74, 6) is -0.283. The topological polar surface area (TPSA) is 76.2 Å². The van der Waals surface area contributed by atoms with E-state index in [1.54, 1.807) is 0 Å². The third kappa shape index (κ3) is 3.48. The Morgan fingerprint density at radius 1 is 1.42 bits per heavy atom. The number of carboxylic acid groups (broad SMARTS) is 1. The summed E-state index contributed by atoms with van der Waals surface area (Å²) >= 11 is 1.49. The van der Waals surface area contributed by atoms with Gasteiger partial charge in [0.1, 0.15) is 0 Å². The van der Waals surface area contributed by atoms with Gasteiger partial charge in [0.05, 0.1) is 22.5 Å². The highest BCUT2D eigenvalue weighted by Gasteiger charge is 2.10. The van der Waals surface area contributed by atoms with Crippen molar-refractivity contribution in [3.8, 4) is 0 Å². The van der Waals surface area contributed by atoms with Crippen molar-refractivity contribution >= 4 is 23.4 Å². The van der Waals surface area contributed by atoms with Gasteiger partial charge in [-0.15, -0.1) is 11.8 Å². The largest absolute Gasteiger partial charge is 0.478 e. The standard InChI is InChI=1S/C14H14N2O2S/c1-9-3-2-4-10(5-9)8-19-13-6-11(14(17)18)12(15)7-16-13/h2-7H,8,15H2,1H3,(H,17,18). The lowest BCUT2D eigenvalue weighted by molar-refractivity contribution is 0.0697. The Hall–Kier alpha value is -2.01. The Morgan fingerprint density at radius 2 is 2.21 bits per heavy atom. The number of pyridine rings is 1. The zero-order chi connectivity index (χ0) is 13.8. The maximum Gasteiger partial charge on any atom is 0.337 e. The number of hydrogen-bond donors (Lipinski definition) is 2. The summed E-state index contributed by atoms with van der Waals surface area (Å²) in [5, 5.41) is 9.65. The first-order chi connectivity index (χ1) is 9.06. The van der Waals surface area contributed by atoms with Gasteiger partial charge in [-0.05, 0) is 18.6 Å². The number of thioether (sulfide) groups is 1. The summed E-state index contributed by atoms with van der Waals surface area (Å²) in [7, 11) is 0. The fraction of sp³-hybridized carbons (Fsp3) is 0.143. The van der Waals surface area contributed by atoms with E-state index in [1.807, 2.05) is 25.1 Å². The van der Waals surface area contributed by atoms with Crippen molar-refractivity contribution in [2.75, 3.05) is 5.73 Å². The second-order valence-electron chi connectivity index (χ2n) is 4.19. The molecule has 0 aliphatic heterocycles. The van der Waals surface area contributed by atoms with Crippen molar-refractivity contribution in [1.29, 1.82) is 0 Å². The number of nitrogens with zero attached hydrogens (tertiary/aromatic N) is 1. The molecule has 0 radical (unpaired) electrons. The Labute approximate surface area is 115 Å². The first kappa shape index (κ1) is 13.4. The van der Waals surface area contributed by atoms with Crippen LogP contribution in [0.25, 0.3) is 0 Å². The molecule has 0 aliphatic rings. The molecule has 0 saturated carbocycles. The van der Waals surface area contributed by atoms with E-state index in [-0.39, 0.29) is 11.3 Å². The summed E-state index contributed by atoms with van der Waals surface area (Å²) in [6.45, 7) is 2.04. The van der Waals surface area contributed by atoms with Crippen LogP contribution in [0.15, 0.2) is 41.6 Å². The molecule has 1 aromatic carbocycles. The van der Waals surface area contributed by atoms with Crippen LogP contribution in [-0.2, 0) is 5.75 Å². The molecular formula is C14H14N2O2S. The second kappa shape index (κ2) is 5.75. The van der Waals surface area contributed by atoms with E-state index in [9.17, 15) is 4.79 Å². The third-order valence-corrected chi connectivity index (χ3v) is 3.61. The predicted molar refractivity (Wildman–Crippen MR) is 76.3 cm³/mol. The normalized spacial score (nSPS) is 10.4. The number of nitrogens with two attached hydrogens (primary N) is 1. The Kier molecular flexibility index (Phi) is 4.06. The van der Waals surface area contributed by atoms with Gasteiger partial charge in [-0.2, -0.15) is 0 Å². The quantitative estimate of drug-likeness (QED) is 0.838. The van der Waals surface area contributed by atoms with Gasteiger partial charge in [0.25, 0.3) is 0 Å². The molecule has 0 bridgehead atoms. The molecule has 0 amide bonds. The van der Waals surface area contributed by atoms with Gasteiger partial charge >= 0.3 is 5.97 Å². The number of hydrogen-bond acceptors (Lipinski definition) is 4. The van der Waals surface area contributed by atoms with Gasteiger partial charge in [0, 0.05) is 5.75 Å². The molecule has 2 aromatic rings. The third-order valence-electron chi connectivity index (χ3n) is 2.61. The smallest absolute Gasteiger partial charge is 0.337 e. The van der Waals surface area contributed by atoms with Gasteiger partial charge in [-0.3, -0.25) is 0 Å². The zero-order valence-corrected chi connectivity index (χ0v) is 11.3. The number of carbonyl (C=O) groups is 1. The molecule has 3 N–H and O–H groups in total. The number of anilines is 1. The monoisotopic (exact) mass is 274 g/mol. The van der Waals surface area contributed by atoms with E-state index in [2.05, 4.69) is 11.1 Å². The summed E-state index contributed by atoms with van der Waals surface area (Å²) in [6, 6.07) is 9.69. The molecule has 0 spiro atoms. The summed E-state index contributed by atoms with van der Waals surface area (Å²) in [4.78, 5) is 15.1. The number of carboxylic acids is 1. The molecule has 4 nitrogen and oxygen atoms in total. The summed E-state index contributed by atoms with van der Waals surface area (Å²) < 4.78 is 0. The summed E-state index contributed by atoms with van der Waals surface area (Å²) in [5.41, 5.74) is 8.24. The molecular weight excluding hydrogens is 260 g/mol. The van der Waals surface area contributed by atoms with Gasteiger partial charge < -0.3 is 10.8 Å². The molecule has 1 aromatic heterocycles. The van der Waals surface area contributed by atoms with Crippen LogP contribution in [0.3, 0.4) is 0 Å². The van der Waals surface area contributed by atoms with Gasteiger partial charge in [-0.25, -0.2) is 9.78 Å². The minimum Gasteiger partial charge on any atom is -0.478 e. The molecule has 19 heavy (non-hydrogen) atoms. The highest BCUT2D eigenvalue weighted by molar-refractivity contribution is 7.98. The number of benzene rings is 1. The fourth-order valence-electron chi connectivity index (χ4n) is 1.67. The van der Waals surface area contributed by atoms with Crippen LogP contribution < -0.4 is 5.73 Å². The lowest BCUT2D eigenvalue weighted by Gasteiger charge is -2.05. The average molecular weight is 274 g/mol. The van der Waals surface area contributed by atoms with E-state index < -0.39 is 5.97 Å². The Morgan fingerprint density at radius 3 is 2.89 bits per heavy atom. The fourth-order valence-corrected chi connectivity index (χ4v) is 2.49. The maximum absolute atomic E-state index is 11.0. The summed E-state index contributed by atoms with van der Waals surface area (Å²) in [6.07, 6.45) is 1.39. The van der Waals surface area contributed by atoms with E-state index in [4.69, 9.17) is 10.8 Å². The molecule has 0 fully saturated rings. The van der Waals surface area contributed by atoms with Crippen LogP contribution in [0, 0.1) is 6.92 Å². The van der Waals surface area contributed by atoms with Crippen molar-refractivity contribution in [3.63, 3.8) is 0 Å². The second-order valence-corrected chi connectivity index (χ2v) is 5.19. The van der Waals surface area contributed by atoms with E-state index in [1.165, 1.54) is 35.2 Å². The van der Waals surface area contributed by atoms with Gasteiger partial charge in [0.15, 0.2) is 0 Å². The first-order valence-electron chi connectivity index (χ1n) is 5.73. The van der Waals surface area contributed by atoms with Crippen molar-refractivity contribution < 1.29 is 9.90 Å². The van der Waals surface area contributed by atoms with E-state index >= 15 is 0 Å². The number of rotatable bonds is 4. The van der Waals surface area contributed by atoms with Crippen LogP contribution in [0.2, 0.25) is 0 Å². The molecule has 0 saturated heterocycles. The molecule has 2 rings (SSSR count). The molecule has 1 heterocycles. The van der Waals surface area contributed by atoms with Crippen LogP contribution in [0.5, 0.6) is 0 Å². The highest BCUT2D eigenvalue weighted by Crippen LogP contribution is 2.24. The molecule has 0 unspecified atom stereocenters. The van der Waals surface area contributed by atoms with Crippen LogP contribution in [-0.4, -0.2) is 16.1 Å². The van der Waals surface area contributed by atoms with Gasteiger partial charge in [-0.1, -0.05) is 29.8 Å². The lowest BCUT2D eigenvalue weighted by atomic mass is 10.2. The molecule has 0 atom stereocenters. The molecule has 5 heteroatoms. The van der Waals surface area contributed by atoms with Crippen LogP contribution in [0.1, 0.15) is 21.5 Å². The Balaban J connectivity index is 2.12. The average Bonchev–Trinajstić information content (AvgIpc) is 2.37. The minimum atomic E-state index is -1.03. The van der Waals surface area contributed by atoms with Crippen molar-refractivity contribution in [1.82, 2.24) is 4.98 Å². The number of aryl methyl sites for hydroxylation is 1. The lowest BCUT2D eigenvalue weighted by Crippen LogP contribution is -2.03. The Bertz CT molecular complexity index is 614. The minimum absolute atomic E-state index is 0.0988. The van der Waals surface area contributed by atoms with Gasteiger partial charge in [0.2, 0.25) is 0 Å². The highest BCUT2D eigenvalue weighted by atomic mass is 32.2. The number of nitrogen functional groups attached to an aromatic ring is 1.